The molecule has 0 amide bonds. The highest BCUT2D eigenvalue weighted by atomic mass is 15.3. The van der Waals surface area contributed by atoms with Crippen molar-refractivity contribution in [3.05, 3.63) is 0 Å². The maximum atomic E-state index is 5.61. The van der Waals surface area contributed by atoms with Crippen LogP contribution in [0.25, 0.3) is 0 Å². The predicted octanol–water partition coefficient (Wildman–Crippen LogP) is 0.217. The highest BCUT2D eigenvalue weighted by molar-refractivity contribution is 4.77. The van der Waals surface area contributed by atoms with Crippen LogP contribution in [0.5, 0.6) is 0 Å². The van der Waals surface area contributed by atoms with Crippen molar-refractivity contribution in [2.45, 2.75) is 19.9 Å². The molecule has 3 heteroatoms. The van der Waals surface area contributed by atoms with E-state index in [0.717, 1.165) is 13.1 Å². The number of piperazine rings is 1. The number of nitrogens with zero attached hydrogens (tertiary/aromatic N) is 2. The van der Waals surface area contributed by atoms with Gasteiger partial charge in [0.2, 0.25) is 0 Å². The number of nitrogens with two attached hydrogens (primary N) is 1. The Morgan fingerprint density at radius 2 is 2.15 bits per heavy atom. The summed E-state index contributed by atoms with van der Waals surface area (Å²) < 4.78 is 0. The van der Waals surface area contributed by atoms with Crippen LogP contribution in [0.1, 0.15) is 13.8 Å². The first-order chi connectivity index (χ1) is 6.13. The summed E-state index contributed by atoms with van der Waals surface area (Å²) in [4.78, 5) is 4.95. The second kappa shape index (κ2) is 4.94. The molecule has 13 heavy (non-hydrogen) atoms. The van der Waals surface area contributed by atoms with Gasteiger partial charge in [-0.2, -0.15) is 0 Å². The molecule has 1 aliphatic heterocycles. The van der Waals surface area contributed by atoms with Crippen LogP contribution in [-0.4, -0.2) is 55.6 Å². The Balaban J connectivity index is 2.29. The lowest BCUT2D eigenvalue weighted by Crippen LogP contribution is -2.51. The van der Waals surface area contributed by atoms with E-state index in [4.69, 9.17) is 5.73 Å². The zero-order chi connectivity index (χ0) is 9.84. The van der Waals surface area contributed by atoms with Crippen molar-refractivity contribution in [1.82, 2.24) is 9.80 Å². The van der Waals surface area contributed by atoms with Crippen molar-refractivity contribution < 1.29 is 0 Å². The van der Waals surface area contributed by atoms with Gasteiger partial charge in [-0.05, 0) is 26.4 Å². The van der Waals surface area contributed by atoms with E-state index in [1.54, 1.807) is 0 Å². The highest BCUT2D eigenvalue weighted by Gasteiger charge is 2.20. The van der Waals surface area contributed by atoms with Crippen molar-refractivity contribution in [2.75, 3.05) is 39.8 Å². The molecule has 3 nitrogen and oxygen atoms in total. The lowest BCUT2D eigenvalue weighted by atomic mass is 10.1. The number of hydrogen-bond acceptors (Lipinski definition) is 3. The first kappa shape index (κ1) is 11.0. The first-order valence-corrected chi connectivity index (χ1v) is 5.26. The van der Waals surface area contributed by atoms with Crippen LogP contribution in [0.2, 0.25) is 0 Å². The summed E-state index contributed by atoms with van der Waals surface area (Å²) in [6.45, 7) is 10.1. The molecule has 1 heterocycles. The standard InChI is InChI=1S/C10H23N3/c1-9(6-11)7-13-5-4-12(3)10(2)8-13/h9-10H,4-8,11H2,1-3H3. The Labute approximate surface area is 81.9 Å². The molecule has 0 aromatic heterocycles. The minimum absolute atomic E-state index is 0.635. The van der Waals surface area contributed by atoms with Gasteiger partial charge in [0.1, 0.15) is 0 Å². The average molecular weight is 185 g/mol. The van der Waals surface area contributed by atoms with Crippen LogP contribution in [-0.2, 0) is 0 Å². The molecule has 0 bridgehead atoms. The van der Waals surface area contributed by atoms with Gasteiger partial charge >= 0.3 is 0 Å². The Hall–Kier alpha value is -0.120. The predicted molar refractivity (Wildman–Crippen MR) is 56.8 cm³/mol. The topological polar surface area (TPSA) is 32.5 Å². The van der Waals surface area contributed by atoms with Gasteiger partial charge in [0.15, 0.2) is 0 Å². The molecule has 0 aliphatic carbocycles. The van der Waals surface area contributed by atoms with Crippen LogP contribution in [0.4, 0.5) is 0 Å². The van der Waals surface area contributed by atoms with Crippen LogP contribution < -0.4 is 5.73 Å². The molecule has 1 rings (SSSR count). The van der Waals surface area contributed by atoms with E-state index >= 15 is 0 Å². The third-order valence-electron chi connectivity index (χ3n) is 3.02. The van der Waals surface area contributed by atoms with E-state index in [0.29, 0.717) is 12.0 Å². The highest BCUT2D eigenvalue weighted by Crippen LogP contribution is 2.08. The van der Waals surface area contributed by atoms with Gasteiger partial charge in [-0.3, -0.25) is 0 Å². The van der Waals surface area contributed by atoms with E-state index in [1.807, 2.05) is 0 Å². The zero-order valence-corrected chi connectivity index (χ0v) is 9.16. The summed E-state index contributed by atoms with van der Waals surface area (Å²) in [5.41, 5.74) is 5.61. The van der Waals surface area contributed by atoms with E-state index in [-0.39, 0.29) is 0 Å². The summed E-state index contributed by atoms with van der Waals surface area (Å²) >= 11 is 0. The Morgan fingerprint density at radius 3 is 2.69 bits per heavy atom. The van der Waals surface area contributed by atoms with Gasteiger partial charge in [0.25, 0.3) is 0 Å². The molecule has 0 aromatic carbocycles. The number of rotatable bonds is 3. The van der Waals surface area contributed by atoms with Crippen LogP contribution in [0.3, 0.4) is 0 Å². The quantitative estimate of drug-likeness (QED) is 0.682. The van der Waals surface area contributed by atoms with E-state index < -0.39 is 0 Å². The van der Waals surface area contributed by atoms with Crippen molar-refractivity contribution in [3.63, 3.8) is 0 Å². The fraction of sp³-hybridized carbons (Fsp3) is 1.00. The summed E-state index contributed by atoms with van der Waals surface area (Å²) in [6.07, 6.45) is 0. The molecular weight excluding hydrogens is 162 g/mol. The van der Waals surface area contributed by atoms with Gasteiger partial charge in [-0.25, -0.2) is 0 Å². The molecule has 0 spiro atoms. The number of likely N-dealkylation sites (N-methyl/N-ethyl adjacent to an activating group) is 1. The fourth-order valence-corrected chi connectivity index (χ4v) is 1.81. The van der Waals surface area contributed by atoms with Crippen molar-refractivity contribution in [2.24, 2.45) is 11.7 Å². The van der Waals surface area contributed by atoms with Crippen LogP contribution in [0, 0.1) is 5.92 Å². The molecule has 1 aliphatic rings. The lowest BCUT2D eigenvalue weighted by molar-refractivity contribution is 0.0952. The summed E-state index contributed by atoms with van der Waals surface area (Å²) in [7, 11) is 2.20. The van der Waals surface area contributed by atoms with Gasteiger partial charge in [-0.1, -0.05) is 6.92 Å². The van der Waals surface area contributed by atoms with Gasteiger partial charge < -0.3 is 15.5 Å². The Bertz CT molecular complexity index is 147. The molecule has 2 N–H and O–H groups in total. The minimum atomic E-state index is 0.635. The molecule has 2 atom stereocenters. The Morgan fingerprint density at radius 1 is 1.46 bits per heavy atom. The van der Waals surface area contributed by atoms with Crippen molar-refractivity contribution >= 4 is 0 Å². The van der Waals surface area contributed by atoms with E-state index in [2.05, 4.69) is 30.7 Å². The monoisotopic (exact) mass is 185 g/mol. The lowest BCUT2D eigenvalue weighted by Gasteiger charge is -2.38. The molecule has 1 saturated heterocycles. The maximum absolute atomic E-state index is 5.61. The average Bonchev–Trinajstić information content (AvgIpc) is 2.11. The van der Waals surface area contributed by atoms with Gasteiger partial charge in [0.05, 0.1) is 0 Å². The van der Waals surface area contributed by atoms with Gasteiger partial charge in [0, 0.05) is 32.2 Å². The third kappa shape index (κ3) is 3.25. The fourth-order valence-electron chi connectivity index (χ4n) is 1.81. The smallest absolute Gasteiger partial charge is 0.0192 e. The van der Waals surface area contributed by atoms with E-state index in [1.165, 1.54) is 19.6 Å². The number of hydrogen-bond donors (Lipinski definition) is 1. The van der Waals surface area contributed by atoms with Crippen LogP contribution >= 0.6 is 0 Å². The van der Waals surface area contributed by atoms with E-state index in [9.17, 15) is 0 Å². The Kier molecular flexibility index (Phi) is 4.16. The SMILES string of the molecule is CC(CN)CN1CCN(C)C(C)C1. The molecule has 78 valence electrons. The maximum Gasteiger partial charge on any atom is 0.0192 e. The summed E-state index contributed by atoms with van der Waals surface area (Å²) in [5.74, 6) is 0.635. The minimum Gasteiger partial charge on any atom is -0.330 e. The van der Waals surface area contributed by atoms with Crippen molar-refractivity contribution in [3.8, 4) is 0 Å². The summed E-state index contributed by atoms with van der Waals surface area (Å²) in [5, 5.41) is 0. The molecule has 1 fully saturated rings. The third-order valence-corrected chi connectivity index (χ3v) is 3.02. The first-order valence-electron chi connectivity index (χ1n) is 5.26. The summed E-state index contributed by atoms with van der Waals surface area (Å²) in [6, 6.07) is 0.693. The van der Waals surface area contributed by atoms with Crippen molar-refractivity contribution in [1.29, 1.82) is 0 Å². The second-order valence-corrected chi connectivity index (χ2v) is 4.43. The molecule has 0 saturated carbocycles. The molecule has 2 unspecified atom stereocenters. The zero-order valence-electron chi connectivity index (χ0n) is 9.16. The van der Waals surface area contributed by atoms with Crippen LogP contribution in [0.15, 0.2) is 0 Å². The second-order valence-electron chi connectivity index (χ2n) is 4.43. The molecule has 0 aromatic rings. The molecule has 0 radical (unpaired) electrons. The molecular formula is C10H23N3. The van der Waals surface area contributed by atoms with Gasteiger partial charge in [-0.15, -0.1) is 0 Å². The normalized spacial score (nSPS) is 29.1. The largest absolute Gasteiger partial charge is 0.330 e.